The minimum atomic E-state index is -0.123. The van der Waals surface area contributed by atoms with Gasteiger partial charge < -0.3 is 10.1 Å². The standard InChI is InChI=1S/C6H9N2O/c1-5-7-4-3-6(8-5)9-2/h4,6H,1-2H3,(H,7,8). The molecule has 0 aliphatic carbocycles. The van der Waals surface area contributed by atoms with E-state index in [1.165, 1.54) is 0 Å². The Morgan fingerprint density at radius 3 is 3.11 bits per heavy atom. The lowest BCUT2D eigenvalue weighted by molar-refractivity contribution is 0.122. The summed E-state index contributed by atoms with van der Waals surface area (Å²) in [6, 6.07) is 0. The van der Waals surface area contributed by atoms with Gasteiger partial charge in [-0.1, -0.05) is 0 Å². The van der Waals surface area contributed by atoms with E-state index in [0.29, 0.717) is 0 Å². The molecule has 3 nitrogen and oxygen atoms in total. The number of rotatable bonds is 1. The van der Waals surface area contributed by atoms with Crippen molar-refractivity contribution >= 4 is 5.84 Å². The van der Waals surface area contributed by atoms with Gasteiger partial charge in [-0.25, -0.2) is 4.99 Å². The van der Waals surface area contributed by atoms with Crippen molar-refractivity contribution in [3.05, 3.63) is 12.3 Å². The molecule has 1 rings (SSSR count). The fraction of sp³-hybridized carbons (Fsp3) is 0.500. The Hall–Kier alpha value is -0.830. The molecule has 1 radical (unpaired) electrons. The molecule has 9 heavy (non-hydrogen) atoms. The molecule has 0 aromatic heterocycles. The second kappa shape index (κ2) is 2.64. The van der Waals surface area contributed by atoms with Gasteiger partial charge in [0.1, 0.15) is 5.84 Å². The summed E-state index contributed by atoms with van der Waals surface area (Å²) >= 11 is 0. The van der Waals surface area contributed by atoms with Gasteiger partial charge in [0.05, 0.1) is 0 Å². The largest absolute Gasteiger partial charge is 0.357 e. The van der Waals surface area contributed by atoms with E-state index in [0.717, 1.165) is 5.84 Å². The van der Waals surface area contributed by atoms with Crippen molar-refractivity contribution in [3.63, 3.8) is 0 Å². The fourth-order valence-corrected chi connectivity index (χ4v) is 0.597. The number of nitrogens with zero attached hydrogens (tertiary/aromatic N) is 1. The summed E-state index contributed by atoms with van der Waals surface area (Å²) in [5.41, 5.74) is 0. The van der Waals surface area contributed by atoms with Crippen molar-refractivity contribution in [2.75, 3.05) is 7.11 Å². The number of hydrogen-bond donors (Lipinski definition) is 1. The lowest BCUT2D eigenvalue weighted by Gasteiger charge is -2.15. The predicted octanol–water partition coefficient (Wildman–Crippen LogP) is 0.297. The van der Waals surface area contributed by atoms with E-state index in [9.17, 15) is 0 Å². The molecule has 0 fully saturated rings. The lowest BCUT2D eigenvalue weighted by Crippen LogP contribution is -2.35. The van der Waals surface area contributed by atoms with Crippen molar-refractivity contribution in [2.24, 2.45) is 4.99 Å². The summed E-state index contributed by atoms with van der Waals surface area (Å²) in [6.45, 7) is 1.88. The predicted molar refractivity (Wildman–Crippen MR) is 34.9 cm³/mol. The molecule has 0 amide bonds. The SMILES string of the molecule is COC1[C]=CN=C(C)N1. The molecule has 49 valence electrons. The van der Waals surface area contributed by atoms with Crippen LogP contribution in [0.2, 0.25) is 0 Å². The molecule has 0 bridgehead atoms. The molecule has 3 heteroatoms. The number of hydrogen-bond acceptors (Lipinski definition) is 3. The second-order valence-corrected chi connectivity index (χ2v) is 1.77. The third-order valence-corrected chi connectivity index (χ3v) is 1.06. The van der Waals surface area contributed by atoms with E-state index in [-0.39, 0.29) is 6.23 Å². The third-order valence-electron chi connectivity index (χ3n) is 1.06. The van der Waals surface area contributed by atoms with Crippen molar-refractivity contribution in [2.45, 2.75) is 13.2 Å². The van der Waals surface area contributed by atoms with Crippen molar-refractivity contribution in [3.8, 4) is 0 Å². The zero-order chi connectivity index (χ0) is 6.69. The summed E-state index contributed by atoms with van der Waals surface area (Å²) in [4.78, 5) is 3.92. The van der Waals surface area contributed by atoms with E-state index in [4.69, 9.17) is 4.74 Å². The van der Waals surface area contributed by atoms with Crippen LogP contribution in [0.15, 0.2) is 11.2 Å². The van der Waals surface area contributed by atoms with Gasteiger partial charge in [0, 0.05) is 19.4 Å². The first-order valence-electron chi connectivity index (χ1n) is 2.74. The van der Waals surface area contributed by atoms with E-state index in [1.54, 1.807) is 13.3 Å². The molecule has 1 heterocycles. The highest BCUT2D eigenvalue weighted by Gasteiger charge is 2.04. The van der Waals surface area contributed by atoms with Gasteiger partial charge in [0.2, 0.25) is 0 Å². The number of methoxy groups -OCH3 is 1. The van der Waals surface area contributed by atoms with Crippen molar-refractivity contribution < 1.29 is 4.74 Å². The van der Waals surface area contributed by atoms with E-state index < -0.39 is 0 Å². The molecular formula is C6H9N2O. The summed E-state index contributed by atoms with van der Waals surface area (Å²) in [7, 11) is 1.62. The first kappa shape index (κ1) is 6.29. The summed E-state index contributed by atoms with van der Waals surface area (Å²) in [5, 5.41) is 2.95. The Morgan fingerprint density at radius 1 is 1.89 bits per heavy atom. The molecular weight excluding hydrogens is 116 g/mol. The Bertz CT molecular complexity index is 151. The number of nitrogens with one attached hydrogen (secondary N) is 1. The quantitative estimate of drug-likeness (QED) is 0.546. The third kappa shape index (κ3) is 1.54. The monoisotopic (exact) mass is 125 g/mol. The molecule has 0 saturated carbocycles. The fourth-order valence-electron chi connectivity index (χ4n) is 0.597. The first-order valence-corrected chi connectivity index (χ1v) is 2.74. The normalized spacial score (nSPS) is 25.1. The summed E-state index contributed by atoms with van der Waals surface area (Å²) in [6.07, 6.45) is 4.34. The zero-order valence-corrected chi connectivity index (χ0v) is 5.51. The van der Waals surface area contributed by atoms with E-state index >= 15 is 0 Å². The molecule has 1 unspecified atom stereocenters. The molecule has 1 aliphatic heterocycles. The average molecular weight is 125 g/mol. The van der Waals surface area contributed by atoms with Crippen LogP contribution in [-0.4, -0.2) is 19.2 Å². The highest BCUT2D eigenvalue weighted by molar-refractivity contribution is 5.80. The van der Waals surface area contributed by atoms with Crippen LogP contribution >= 0.6 is 0 Å². The number of ether oxygens (including phenoxy) is 1. The smallest absolute Gasteiger partial charge is 0.156 e. The number of aliphatic imine (C=N–C) groups is 1. The molecule has 1 N–H and O–H groups in total. The van der Waals surface area contributed by atoms with Crippen molar-refractivity contribution in [1.82, 2.24) is 5.32 Å². The van der Waals surface area contributed by atoms with Crippen LogP contribution < -0.4 is 5.32 Å². The van der Waals surface area contributed by atoms with Gasteiger partial charge in [0.25, 0.3) is 0 Å². The highest BCUT2D eigenvalue weighted by Crippen LogP contribution is 1.93. The van der Waals surface area contributed by atoms with Gasteiger partial charge in [0.15, 0.2) is 6.23 Å². The molecule has 0 aromatic rings. The Morgan fingerprint density at radius 2 is 2.67 bits per heavy atom. The van der Waals surface area contributed by atoms with Crippen LogP contribution in [0.4, 0.5) is 0 Å². The number of amidine groups is 1. The molecule has 0 aromatic carbocycles. The van der Waals surface area contributed by atoms with Crippen LogP contribution in [0, 0.1) is 6.08 Å². The zero-order valence-electron chi connectivity index (χ0n) is 5.51. The minimum Gasteiger partial charge on any atom is -0.357 e. The van der Waals surface area contributed by atoms with E-state index in [2.05, 4.69) is 16.4 Å². The van der Waals surface area contributed by atoms with Gasteiger partial charge >= 0.3 is 0 Å². The maximum absolute atomic E-state index is 4.93. The molecule has 0 spiro atoms. The average Bonchev–Trinajstić information content (AvgIpc) is 1.88. The van der Waals surface area contributed by atoms with Crippen LogP contribution in [0.3, 0.4) is 0 Å². The van der Waals surface area contributed by atoms with Crippen LogP contribution in [0.25, 0.3) is 0 Å². The Kier molecular flexibility index (Phi) is 1.85. The van der Waals surface area contributed by atoms with Gasteiger partial charge in [-0.05, 0) is 6.92 Å². The second-order valence-electron chi connectivity index (χ2n) is 1.77. The molecule has 1 aliphatic rings. The topological polar surface area (TPSA) is 33.6 Å². The first-order chi connectivity index (χ1) is 4.33. The molecule has 0 saturated heterocycles. The Labute approximate surface area is 54.4 Å². The van der Waals surface area contributed by atoms with Crippen molar-refractivity contribution in [1.29, 1.82) is 0 Å². The highest BCUT2D eigenvalue weighted by atomic mass is 16.5. The van der Waals surface area contributed by atoms with Crippen LogP contribution in [0.1, 0.15) is 6.92 Å². The van der Waals surface area contributed by atoms with Gasteiger partial charge in [-0.2, -0.15) is 0 Å². The van der Waals surface area contributed by atoms with Crippen LogP contribution in [0.5, 0.6) is 0 Å². The maximum atomic E-state index is 4.93. The molecule has 1 atom stereocenters. The van der Waals surface area contributed by atoms with E-state index in [1.807, 2.05) is 6.92 Å². The van der Waals surface area contributed by atoms with Gasteiger partial charge in [-0.15, -0.1) is 0 Å². The van der Waals surface area contributed by atoms with Gasteiger partial charge in [-0.3, -0.25) is 0 Å². The maximum Gasteiger partial charge on any atom is 0.156 e. The van der Waals surface area contributed by atoms with Crippen LogP contribution in [-0.2, 0) is 4.74 Å². The minimum absolute atomic E-state index is 0.123. The summed E-state index contributed by atoms with van der Waals surface area (Å²) < 4.78 is 4.93. The summed E-state index contributed by atoms with van der Waals surface area (Å²) in [5.74, 6) is 0.862. The lowest BCUT2D eigenvalue weighted by atomic mass is 10.4. The Balaban J connectivity index is 2.51.